The molecular weight excluding hydrogens is 427 g/mol. The van der Waals surface area contributed by atoms with Gasteiger partial charge in [-0.05, 0) is 48.2 Å². The van der Waals surface area contributed by atoms with Crippen LogP contribution in [0.3, 0.4) is 0 Å². The SMILES string of the molecule is O=C(CCSCCC(=O)NCCc1cccc(Cl)c1)NCCc1cccc(Cl)c1. The Morgan fingerprint density at radius 2 is 1.21 bits per heavy atom. The fourth-order valence-electron chi connectivity index (χ4n) is 2.69. The van der Waals surface area contributed by atoms with Crippen LogP contribution in [-0.4, -0.2) is 36.4 Å². The second-order valence-electron chi connectivity index (χ2n) is 6.57. The summed E-state index contributed by atoms with van der Waals surface area (Å²) in [6.07, 6.45) is 2.43. The summed E-state index contributed by atoms with van der Waals surface area (Å²) in [5.74, 6) is 1.48. The number of rotatable bonds is 12. The zero-order chi connectivity index (χ0) is 20.9. The van der Waals surface area contributed by atoms with Crippen LogP contribution in [0.25, 0.3) is 0 Å². The van der Waals surface area contributed by atoms with E-state index < -0.39 is 0 Å². The summed E-state index contributed by atoms with van der Waals surface area (Å²) in [6, 6.07) is 15.3. The van der Waals surface area contributed by atoms with E-state index in [1.54, 1.807) is 11.8 Å². The number of carbonyl (C=O) groups excluding carboxylic acids is 2. The molecular formula is C22H26Cl2N2O2S. The first-order valence-corrected chi connectivity index (χ1v) is 11.5. The van der Waals surface area contributed by atoms with E-state index in [1.807, 2.05) is 48.5 Å². The molecule has 0 aliphatic carbocycles. The molecule has 0 aliphatic heterocycles. The fraction of sp³-hybridized carbons (Fsp3) is 0.364. The van der Waals surface area contributed by atoms with Crippen LogP contribution in [0.1, 0.15) is 24.0 Å². The van der Waals surface area contributed by atoms with E-state index in [-0.39, 0.29) is 11.8 Å². The Morgan fingerprint density at radius 1 is 0.759 bits per heavy atom. The molecule has 0 aromatic heterocycles. The molecule has 2 N–H and O–H groups in total. The molecule has 0 saturated carbocycles. The van der Waals surface area contributed by atoms with Crippen LogP contribution in [0, 0.1) is 0 Å². The predicted molar refractivity (Wildman–Crippen MR) is 123 cm³/mol. The molecule has 0 unspecified atom stereocenters. The highest BCUT2D eigenvalue weighted by molar-refractivity contribution is 7.99. The molecule has 4 nitrogen and oxygen atoms in total. The molecule has 29 heavy (non-hydrogen) atoms. The third-order valence-electron chi connectivity index (χ3n) is 4.20. The van der Waals surface area contributed by atoms with Crippen molar-refractivity contribution in [3.05, 3.63) is 69.7 Å². The van der Waals surface area contributed by atoms with Gasteiger partial charge in [0, 0.05) is 47.5 Å². The lowest BCUT2D eigenvalue weighted by Crippen LogP contribution is -2.26. The first-order valence-electron chi connectivity index (χ1n) is 9.63. The first kappa shape index (κ1) is 23.6. The molecule has 2 amide bonds. The molecule has 2 aromatic rings. The summed E-state index contributed by atoms with van der Waals surface area (Å²) in [6.45, 7) is 1.19. The van der Waals surface area contributed by atoms with Gasteiger partial charge in [0.1, 0.15) is 0 Å². The van der Waals surface area contributed by atoms with Crippen LogP contribution >= 0.6 is 35.0 Å². The van der Waals surface area contributed by atoms with Crippen molar-refractivity contribution < 1.29 is 9.59 Å². The average Bonchev–Trinajstić information content (AvgIpc) is 2.68. The molecule has 0 saturated heterocycles. The van der Waals surface area contributed by atoms with E-state index in [2.05, 4.69) is 10.6 Å². The third-order valence-corrected chi connectivity index (χ3v) is 5.65. The lowest BCUT2D eigenvalue weighted by Gasteiger charge is -2.07. The van der Waals surface area contributed by atoms with Crippen molar-refractivity contribution >= 4 is 46.8 Å². The second-order valence-corrected chi connectivity index (χ2v) is 8.67. The number of benzene rings is 2. The minimum atomic E-state index is 0.0329. The number of nitrogens with one attached hydrogen (secondary N) is 2. The maximum absolute atomic E-state index is 11.9. The minimum Gasteiger partial charge on any atom is -0.356 e. The topological polar surface area (TPSA) is 58.2 Å². The van der Waals surface area contributed by atoms with Gasteiger partial charge in [-0.1, -0.05) is 47.5 Å². The molecule has 0 radical (unpaired) electrons. The van der Waals surface area contributed by atoms with Crippen molar-refractivity contribution in [3.63, 3.8) is 0 Å². The fourth-order valence-corrected chi connectivity index (χ4v) is 3.98. The van der Waals surface area contributed by atoms with Gasteiger partial charge in [0.05, 0.1) is 0 Å². The van der Waals surface area contributed by atoms with E-state index in [9.17, 15) is 9.59 Å². The summed E-state index contributed by atoms with van der Waals surface area (Å²) in [4.78, 5) is 23.7. The molecule has 0 bridgehead atoms. The molecule has 156 valence electrons. The van der Waals surface area contributed by atoms with E-state index in [0.29, 0.717) is 47.5 Å². The van der Waals surface area contributed by atoms with Crippen molar-refractivity contribution in [3.8, 4) is 0 Å². The zero-order valence-electron chi connectivity index (χ0n) is 16.3. The average molecular weight is 453 g/mol. The van der Waals surface area contributed by atoms with Crippen LogP contribution < -0.4 is 10.6 Å². The predicted octanol–water partition coefficient (Wildman–Crippen LogP) is 4.52. The van der Waals surface area contributed by atoms with Gasteiger partial charge in [0.15, 0.2) is 0 Å². The summed E-state index contributed by atoms with van der Waals surface area (Å²) in [5.41, 5.74) is 2.21. The van der Waals surface area contributed by atoms with E-state index >= 15 is 0 Å². The summed E-state index contributed by atoms with van der Waals surface area (Å²) >= 11 is 13.5. The first-order chi connectivity index (χ1) is 14.0. The summed E-state index contributed by atoms with van der Waals surface area (Å²) < 4.78 is 0. The minimum absolute atomic E-state index is 0.0329. The highest BCUT2D eigenvalue weighted by Crippen LogP contribution is 2.11. The number of carbonyl (C=O) groups is 2. The number of amides is 2. The Hall–Kier alpha value is -1.69. The van der Waals surface area contributed by atoms with Gasteiger partial charge in [0.25, 0.3) is 0 Å². The van der Waals surface area contributed by atoms with Crippen molar-refractivity contribution in [1.29, 1.82) is 0 Å². The molecule has 7 heteroatoms. The van der Waals surface area contributed by atoms with E-state index in [4.69, 9.17) is 23.2 Å². The standard InChI is InChI=1S/C22H26Cl2N2O2S/c23-19-5-1-3-17(15-19)7-11-25-21(27)9-13-29-14-10-22(28)26-12-8-18-4-2-6-20(24)16-18/h1-6,15-16H,7-14H2,(H,25,27)(H,26,28). The van der Waals surface area contributed by atoms with Crippen molar-refractivity contribution in [2.24, 2.45) is 0 Å². The van der Waals surface area contributed by atoms with Crippen LogP contribution in [0.2, 0.25) is 10.0 Å². The molecule has 0 spiro atoms. The molecule has 0 atom stereocenters. The lowest BCUT2D eigenvalue weighted by atomic mass is 10.1. The maximum atomic E-state index is 11.9. The van der Waals surface area contributed by atoms with Gasteiger partial charge in [-0.2, -0.15) is 11.8 Å². The van der Waals surface area contributed by atoms with Crippen molar-refractivity contribution in [1.82, 2.24) is 10.6 Å². The second kappa shape index (κ2) is 13.5. The van der Waals surface area contributed by atoms with E-state index in [0.717, 1.165) is 24.0 Å². The van der Waals surface area contributed by atoms with E-state index in [1.165, 1.54) is 0 Å². The van der Waals surface area contributed by atoms with Crippen LogP contribution in [-0.2, 0) is 22.4 Å². The Morgan fingerprint density at radius 3 is 1.62 bits per heavy atom. The number of halogens is 2. The van der Waals surface area contributed by atoms with Gasteiger partial charge in [-0.15, -0.1) is 0 Å². The Kier molecular flexibility index (Phi) is 11.0. The number of thioether (sulfide) groups is 1. The number of hydrogen-bond acceptors (Lipinski definition) is 3. The van der Waals surface area contributed by atoms with Gasteiger partial charge < -0.3 is 10.6 Å². The normalized spacial score (nSPS) is 10.6. The number of hydrogen-bond donors (Lipinski definition) is 2. The summed E-state index contributed by atoms with van der Waals surface area (Å²) in [5, 5.41) is 7.24. The Labute approximate surface area is 186 Å². The zero-order valence-corrected chi connectivity index (χ0v) is 18.6. The smallest absolute Gasteiger partial charge is 0.220 e. The monoisotopic (exact) mass is 452 g/mol. The quantitative estimate of drug-likeness (QED) is 0.465. The van der Waals surface area contributed by atoms with Crippen molar-refractivity contribution in [2.75, 3.05) is 24.6 Å². The molecule has 0 heterocycles. The molecule has 0 fully saturated rings. The van der Waals surface area contributed by atoms with Gasteiger partial charge in [-0.25, -0.2) is 0 Å². The highest BCUT2D eigenvalue weighted by Gasteiger charge is 2.04. The molecule has 2 rings (SSSR count). The van der Waals surface area contributed by atoms with Gasteiger partial charge in [-0.3, -0.25) is 9.59 Å². The lowest BCUT2D eigenvalue weighted by molar-refractivity contribution is -0.121. The largest absolute Gasteiger partial charge is 0.356 e. The van der Waals surface area contributed by atoms with Crippen molar-refractivity contribution in [2.45, 2.75) is 25.7 Å². The van der Waals surface area contributed by atoms with Crippen LogP contribution in [0.15, 0.2) is 48.5 Å². The Balaban J connectivity index is 1.46. The molecule has 2 aromatic carbocycles. The maximum Gasteiger partial charge on any atom is 0.220 e. The highest BCUT2D eigenvalue weighted by atomic mass is 35.5. The Bertz CT molecular complexity index is 736. The van der Waals surface area contributed by atoms with Gasteiger partial charge in [0.2, 0.25) is 11.8 Å². The van der Waals surface area contributed by atoms with Crippen LogP contribution in [0.5, 0.6) is 0 Å². The van der Waals surface area contributed by atoms with Gasteiger partial charge >= 0.3 is 0 Å². The third kappa shape index (κ3) is 10.6. The van der Waals surface area contributed by atoms with Crippen LogP contribution in [0.4, 0.5) is 0 Å². The summed E-state index contributed by atoms with van der Waals surface area (Å²) in [7, 11) is 0. The molecule has 0 aliphatic rings.